The number of carbonyl (C=O) groups excluding carboxylic acids is 1. The zero-order valence-corrected chi connectivity index (χ0v) is 9.12. The van der Waals surface area contributed by atoms with Crippen molar-refractivity contribution >= 4 is 5.91 Å². The van der Waals surface area contributed by atoms with Crippen molar-refractivity contribution in [1.82, 2.24) is 5.32 Å². The lowest BCUT2D eigenvalue weighted by Crippen LogP contribution is -2.69. The Hall–Kier alpha value is -0.730. The van der Waals surface area contributed by atoms with E-state index in [1.807, 2.05) is 0 Å². The first-order valence-corrected chi connectivity index (χ1v) is 4.92. The summed E-state index contributed by atoms with van der Waals surface area (Å²) in [4.78, 5) is 10.8. The summed E-state index contributed by atoms with van der Waals surface area (Å²) in [6.07, 6.45) is -4.02. The van der Waals surface area contributed by atoms with Gasteiger partial charge in [-0.05, 0) is 6.92 Å². The summed E-state index contributed by atoms with van der Waals surface area (Å²) in [5, 5.41) is 40.4. The number of aliphatic hydroxyl groups excluding tert-OH is 3. The second-order valence-electron chi connectivity index (χ2n) is 4.09. The molecule has 1 rings (SSSR count). The van der Waals surface area contributed by atoms with E-state index in [0.29, 0.717) is 0 Å². The molecule has 0 bridgehead atoms. The van der Waals surface area contributed by atoms with Crippen LogP contribution in [0.1, 0.15) is 13.8 Å². The Bertz CT molecular complexity index is 269. The molecule has 0 aromatic carbocycles. The number of amides is 1. The lowest BCUT2D eigenvalue weighted by Gasteiger charge is -2.46. The van der Waals surface area contributed by atoms with Gasteiger partial charge in [-0.25, -0.2) is 0 Å². The van der Waals surface area contributed by atoms with Gasteiger partial charge in [0.1, 0.15) is 23.9 Å². The summed E-state index contributed by atoms with van der Waals surface area (Å²) < 4.78 is 4.92. The molecule has 1 aliphatic heterocycles. The SMILES string of the molecule is CC(=O)N[C@H]1C(O)O[C@H](CO)[C@](C)(O)[C@@H]1O. The van der Waals surface area contributed by atoms with Gasteiger partial charge in [0, 0.05) is 6.92 Å². The summed E-state index contributed by atoms with van der Waals surface area (Å²) in [5.41, 5.74) is -1.75. The van der Waals surface area contributed by atoms with Gasteiger partial charge in [-0.1, -0.05) is 0 Å². The zero-order valence-electron chi connectivity index (χ0n) is 9.12. The maximum absolute atomic E-state index is 10.8. The summed E-state index contributed by atoms with van der Waals surface area (Å²) in [7, 11) is 0. The van der Waals surface area contributed by atoms with E-state index >= 15 is 0 Å². The fourth-order valence-electron chi connectivity index (χ4n) is 1.71. The standard InChI is InChI=1S/C9H17NO6/c1-4(12)10-6-7(13)9(2,15)5(3-11)16-8(6)14/h5-8,11,13-15H,3H2,1-2H3,(H,10,12)/t5-,6-,7-,8?,9+/m1/s1. The van der Waals surface area contributed by atoms with Crippen LogP contribution in [0.5, 0.6) is 0 Å². The molecular weight excluding hydrogens is 218 g/mol. The van der Waals surface area contributed by atoms with Gasteiger partial charge in [0.25, 0.3) is 0 Å². The van der Waals surface area contributed by atoms with E-state index in [4.69, 9.17) is 9.84 Å². The molecule has 7 nitrogen and oxygen atoms in total. The van der Waals surface area contributed by atoms with E-state index in [1.54, 1.807) is 0 Å². The van der Waals surface area contributed by atoms with Crippen LogP contribution in [0.15, 0.2) is 0 Å². The fraction of sp³-hybridized carbons (Fsp3) is 0.889. The van der Waals surface area contributed by atoms with Crippen molar-refractivity contribution in [2.75, 3.05) is 6.61 Å². The molecule has 7 heteroatoms. The predicted octanol–water partition coefficient (Wildman–Crippen LogP) is -2.69. The summed E-state index contributed by atoms with van der Waals surface area (Å²) in [5.74, 6) is -0.468. The van der Waals surface area contributed by atoms with Crippen LogP contribution in [0.3, 0.4) is 0 Å². The maximum atomic E-state index is 10.8. The average molecular weight is 235 g/mol. The molecular formula is C9H17NO6. The molecule has 1 aliphatic rings. The van der Waals surface area contributed by atoms with Crippen LogP contribution in [-0.2, 0) is 9.53 Å². The van der Waals surface area contributed by atoms with Gasteiger partial charge in [0.15, 0.2) is 6.29 Å². The summed E-state index contributed by atoms with van der Waals surface area (Å²) in [6.45, 7) is 1.93. The number of rotatable bonds is 2. The quantitative estimate of drug-likeness (QED) is 0.355. The first-order valence-electron chi connectivity index (χ1n) is 4.92. The molecule has 5 N–H and O–H groups in total. The van der Waals surface area contributed by atoms with Crippen molar-refractivity contribution in [3.63, 3.8) is 0 Å². The number of ether oxygens (including phenoxy) is 1. The minimum atomic E-state index is -1.75. The Balaban J connectivity index is 2.86. The highest BCUT2D eigenvalue weighted by Crippen LogP contribution is 2.28. The Morgan fingerprint density at radius 1 is 1.50 bits per heavy atom. The fourth-order valence-corrected chi connectivity index (χ4v) is 1.71. The largest absolute Gasteiger partial charge is 0.394 e. The molecule has 1 heterocycles. The molecule has 0 aliphatic carbocycles. The van der Waals surface area contributed by atoms with Gasteiger partial charge in [0.05, 0.1) is 6.61 Å². The molecule has 0 spiro atoms. The zero-order chi connectivity index (χ0) is 12.5. The molecule has 0 aromatic rings. The van der Waals surface area contributed by atoms with Gasteiger partial charge in [0.2, 0.25) is 5.91 Å². The summed E-state index contributed by atoms with van der Waals surface area (Å²) >= 11 is 0. The van der Waals surface area contributed by atoms with Crippen molar-refractivity contribution in [3.8, 4) is 0 Å². The topological polar surface area (TPSA) is 119 Å². The van der Waals surface area contributed by atoms with E-state index in [9.17, 15) is 20.1 Å². The van der Waals surface area contributed by atoms with Crippen LogP contribution in [0.4, 0.5) is 0 Å². The lowest BCUT2D eigenvalue weighted by molar-refractivity contribution is -0.287. The van der Waals surface area contributed by atoms with Gasteiger partial charge >= 0.3 is 0 Å². The third kappa shape index (κ3) is 2.33. The molecule has 94 valence electrons. The second kappa shape index (κ2) is 4.64. The summed E-state index contributed by atoms with van der Waals surface area (Å²) in [6, 6.07) is -1.13. The molecule has 1 unspecified atom stereocenters. The van der Waals surface area contributed by atoms with Crippen molar-refractivity contribution in [2.45, 2.75) is 44.0 Å². The van der Waals surface area contributed by atoms with E-state index in [1.165, 1.54) is 13.8 Å². The van der Waals surface area contributed by atoms with E-state index in [-0.39, 0.29) is 0 Å². The van der Waals surface area contributed by atoms with Crippen molar-refractivity contribution < 1.29 is 30.0 Å². The normalized spacial score (nSPS) is 44.1. The van der Waals surface area contributed by atoms with E-state index in [0.717, 1.165) is 0 Å². The second-order valence-corrected chi connectivity index (χ2v) is 4.09. The number of carbonyl (C=O) groups is 1. The molecule has 0 aromatic heterocycles. The smallest absolute Gasteiger partial charge is 0.217 e. The highest BCUT2D eigenvalue weighted by atomic mass is 16.6. The Morgan fingerprint density at radius 2 is 2.06 bits per heavy atom. The van der Waals surface area contributed by atoms with Gasteiger partial charge < -0.3 is 30.5 Å². The average Bonchev–Trinajstić information content (AvgIpc) is 2.18. The van der Waals surface area contributed by atoms with Crippen LogP contribution < -0.4 is 5.32 Å². The Kier molecular flexibility index (Phi) is 3.87. The number of nitrogens with one attached hydrogen (secondary N) is 1. The maximum Gasteiger partial charge on any atom is 0.217 e. The van der Waals surface area contributed by atoms with Gasteiger partial charge in [-0.3, -0.25) is 4.79 Å². The molecule has 0 radical (unpaired) electrons. The highest BCUT2D eigenvalue weighted by Gasteiger charge is 2.51. The van der Waals surface area contributed by atoms with Gasteiger partial charge in [-0.2, -0.15) is 0 Å². The van der Waals surface area contributed by atoms with Crippen LogP contribution >= 0.6 is 0 Å². The first kappa shape index (κ1) is 13.3. The monoisotopic (exact) mass is 235 g/mol. The molecule has 5 atom stereocenters. The molecule has 0 saturated carbocycles. The van der Waals surface area contributed by atoms with Crippen LogP contribution in [-0.4, -0.2) is 63.1 Å². The van der Waals surface area contributed by atoms with Crippen LogP contribution in [0.2, 0.25) is 0 Å². The minimum absolute atomic E-state index is 0.468. The number of aliphatic hydroxyl groups is 4. The minimum Gasteiger partial charge on any atom is -0.394 e. The van der Waals surface area contributed by atoms with Crippen LogP contribution in [0, 0.1) is 0 Å². The van der Waals surface area contributed by atoms with Crippen molar-refractivity contribution in [2.24, 2.45) is 0 Å². The Morgan fingerprint density at radius 3 is 2.50 bits per heavy atom. The van der Waals surface area contributed by atoms with Crippen molar-refractivity contribution in [3.05, 3.63) is 0 Å². The van der Waals surface area contributed by atoms with E-state index < -0.39 is 42.7 Å². The van der Waals surface area contributed by atoms with Crippen molar-refractivity contribution in [1.29, 1.82) is 0 Å². The lowest BCUT2D eigenvalue weighted by atomic mass is 9.85. The number of hydrogen-bond donors (Lipinski definition) is 5. The first-order chi connectivity index (χ1) is 7.30. The highest BCUT2D eigenvalue weighted by molar-refractivity contribution is 5.73. The van der Waals surface area contributed by atoms with Gasteiger partial charge in [-0.15, -0.1) is 0 Å². The molecule has 1 fully saturated rings. The molecule has 16 heavy (non-hydrogen) atoms. The third-order valence-electron chi connectivity index (χ3n) is 2.74. The van der Waals surface area contributed by atoms with E-state index in [2.05, 4.69) is 5.32 Å². The number of hydrogen-bond acceptors (Lipinski definition) is 6. The predicted molar refractivity (Wildman–Crippen MR) is 52.2 cm³/mol. The molecule has 1 saturated heterocycles. The Labute approximate surface area is 92.7 Å². The molecule has 1 amide bonds. The van der Waals surface area contributed by atoms with Crippen LogP contribution in [0.25, 0.3) is 0 Å². The third-order valence-corrected chi connectivity index (χ3v) is 2.74.